The molecule has 2 unspecified atom stereocenters. The summed E-state index contributed by atoms with van der Waals surface area (Å²) in [5, 5.41) is 13.6. The Morgan fingerprint density at radius 2 is 1.58 bits per heavy atom. The number of piperazine rings is 1. The van der Waals surface area contributed by atoms with Gasteiger partial charge in [0.2, 0.25) is 0 Å². The van der Waals surface area contributed by atoms with E-state index < -0.39 is 35.5 Å². The quantitative estimate of drug-likeness (QED) is 0.510. The van der Waals surface area contributed by atoms with Crippen LogP contribution < -0.4 is 10.2 Å². The van der Waals surface area contributed by atoms with Gasteiger partial charge >= 0.3 is 12.1 Å². The maximum atomic E-state index is 12.9. The molecule has 0 aromatic heterocycles. The number of β-amino-alcohol motifs (C(OH)–C–C–N with tert-alkyl or cyclic N) is 1. The van der Waals surface area contributed by atoms with Crippen LogP contribution in [-0.4, -0.2) is 84.4 Å². The van der Waals surface area contributed by atoms with Crippen molar-refractivity contribution in [1.29, 1.82) is 0 Å². The molecule has 9 nitrogen and oxygen atoms in total. The summed E-state index contributed by atoms with van der Waals surface area (Å²) in [7, 11) is 1.79. The molecule has 1 aliphatic heterocycles. The van der Waals surface area contributed by atoms with E-state index in [1.807, 2.05) is 29.2 Å². The Morgan fingerprint density at radius 1 is 0.974 bits per heavy atom. The molecule has 1 aromatic carbocycles. The summed E-state index contributed by atoms with van der Waals surface area (Å²) < 4.78 is 16.4. The number of hydrogen-bond acceptors (Lipinski definition) is 8. The highest BCUT2D eigenvalue weighted by Crippen LogP contribution is 2.28. The average Bonchev–Trinajstić information content (AvgIpc) is 2.82. The molecule has 2 fully saturated rings. The summed E-state index contributed by atoms with van der Waals surface area (Å²) in [6, 6.07) is 7.37. The molecule has 0 spiro atoms. The normalized spacial score (nSPS) is 24.0. The van der Waals surface area contributed by atoms with Gasteiger partial charge in [0.15, 0.2) is 0 Å². The largest absolute Gasteiger partial charge is 0.458 e. The number of ether oxygens (including phenoxy) is 3. The van der Waals surface area contributed by atoms with Gasteiger partial charge in [-0.2, -0.15) is 0 Å². The molecule has 1 heterocycles. The monoisotopic (exact) mass is 533 g/mol. The van der Waals surface area contributed by atoms with Gasteiger partial charge < -0.3 is 29.5 Å². The third-order valence-electron chi connectivity index (χ3n) is 6.97. The highest BCUT2D eigenvalue weighted by atomic mass is 16.6. The molecule has 1 saturated heterocycles. The molecule has 1 aliphatic carbocycles. The summed E-state index contributed by atoms with van der Waals surface area (Å²) in [6.45, 7) is 13.0. The van der Waals surface area contributed by atoms with Gasteiger partial charge in [-0.3, -0.25) is 4.90 Å². The van der Waals surface area contributed by atoms with E-state index in [-0.39, 0.29) is 6.42 Å². The van der Waals surface area contributed by atoms with Gasteiger partial charge in [0, 0.05) is 44.9 Å². The second-order valence-corrected chi connectivity index (χ2v) is 12.4. The number of nitrogens with one attached hydrogen (secondary N) is 1. The van der Waals surface area contributed by atoms with E-state index in [2.05, 4.69) is 10.2 Å². The van der Waals surface area contributed by atoms with Crippen molar-refractivity contribution in [2.75, 3.05) is 31.6 Å². The topological polar surface area (TPSA) is 101 Å². The highest BCUT2D eigenvalue weighted by molar-refractivity contribution is 5.82. The number of aliphatic hydroxyl groups excluding tert-OH is 1. The molecule has 1 aromatic rings. The Balaban J connectivity index is 1.61. The number of carbonyl (C=O) groups excluding carboxylic acids is 2. The molecular formula is C29H47N3O6. The number of benzene rings is 1. The third-order valence-corrected chi connectivity index (χ3v) is 6.97. The van der Waals surface area contributed by atoms with Crippen LogP contribution in [0.3, 0.4) is 0 Å². The van der Waals surface area contributed by atoms with Crippen LogP contribution in [-0.2, 0) is 25.4 Å². The first-order valence-corrected chi connectivity index (χ1v) is 13.8. The van der Waals surface area contributed by atoms with Crippen molar-refractivity contribution < 1.29 is 28.9 Å². The predicted octanol–water partition coefficient (Wildman–Crippen LogP) is 3.86. The molecule has 1 amide bonds. The molecule has 0 bridgehead atoms. The maximum absolute atomic E-state index is 12.9. The van der Waals surface area contributed by atoms with E-state index in [0.29, 0.717) is 18.7 Å². The summed E-state index contributed by atoms with van der Waals surface area (Å²) >= 11 is 0. The highest BCUT2D eigenvalue weighted by Gasteiger charge is 2.33. The van der Waals surface area contributed by atoms with Crippen molar-refractivity contribution in [1.82, 2.24) is 10.2 Å². The van der Waals surface area contributed by atoms with E-state index in [1.165, 1.54) is 0 Å². The lowest BCUT2D eigenvalue weighted by Gasteiger charge is -2.45. The number of nitrogens with zero attached hydrogens (tertiary/aromatic N) is 2. The molecule has 9 heteroatoms. The van der Waals surface area contributed by atoms with Crippen molar-refractivity contribution in [2.45, 2.75) is 109 Å². The fourth-order valence-electron chi connectivity index (χ4n) is 5.14. The lowest BCUT2D eigenvalue weighted by Crippen LogP contribution is -2.56. The first-order chi connectivity index (χ1) is 17.7. The fraction of sp³-hybridized carbons (Fsp3) is 0.724. The summed E-state index contributed by atoms with van der Waals surface area (Å²) in [4.78, 5) is 29.7. The van der Waals surface area contributed by atoms with Gasteiger partial charge in [-0.1, -0.05) is 12.1 Å². The molecular weight excluding hydrogens is 486 g/mol. The van der Waals surface area contributed by atoms with Gasteiger partial charge in [-0.05, 0) is 84.9 Å². The first-order valence-electron chi connectivity index (χ1n) is 13.8. The zero-order chi connectivity index (χ0) is 28.1. The van der Waals surface area contributed by atoms with E-state index >= 15 is 0 Å². The Bertz CT molecular complexity index is 916. The van der Waals surface area contributed by atoms with Gasteiger partial charge in [-0.25, -0.2) is 9.59 Å². The Hall–Kier alpha value is -2.36. The van der Waals surface area contributed by atoms with Crippen molar-refractivity contribution in [2.24, 2.45) is 0 Å². The molecule has 2 atom stereocenters. The standard InChI is InChI=1S/C29H47N3O6/c1-28(2,3)37-26(34)24(30-27(35)38-29(4,5)6)18-20-8-10-22(11-9-20)32-17-16-31(19-25(32)33)21-12-14-23(36-7)15-13-21/h8-11,21,23-25,33H,12-19H2,1-7H3,(H,30,35). The number of esters is 1. The lowest BCUT2D eigenvalue weighted by molar-refractivity contribution is -0.157. The van der Waals surface area contributed by atoms with E-state index in [4.69, 9.17) is 14.2 Å². The van der Waals surface area contributed by atoms with Crippen LogP contribution >= 0.6 is 0 Å². The minimum atomic E-state index is -0.891. The SMILES string of the molecule is COC1CCC(N2CCN(c3ccc(CC(NC(=O)OC(C)(C)C)C(=O)OC(C)(C)C)cc3)C(O)C2)CC1. The number of anilines is 1. The number of methoxy groups -OCH3 is 1. The smallest absolute Gasteiger partial charge is 0.408 e. The second kappa shape index (κ2) is 12.7. The van der Waals surface area contributed by atoms with Crippen molar-refractivity contribution in [3.05, 3.63) is 29.8 Å². The molecule has 214 valence electrons. The van der Waals surface area contributed by atoms with Gasteiger partial charge in [-0.15, -0.1) is 0 Å². The number of hydrogen-bond donors (Lipinski definition) is 2. The van der Waals surface area contributed by atoms with Gasteiger partial charge in [0.1, 0.15) is 23.5 Å². The minimum Gasteiger partial charge on any atom is -0.458 e. The number of alkyl carbamates (subject to hydrolysis) is 1. The average molecular weight is 534 g/mol. The first kappa shape index (κ1) is 30.2. The molecule has 1 saturated carbocycles. The molecule has 0 radical (unpaired) electrons. The predicted molar refractivity (Wildman–Crippen MR) is 147 cm³/mol. The Labute approximate surface area is 227 Å². The van der Waals surface area contributed by atoms with Crippen molar-refractivity contribution >= 4 is 17.7 Å². The Kier molecular flexibility index (Phi) is 10.1. The lowest BCUT2D eigenvalue weighted by atomic mass is 9.91. The number of aliphatic hydroxyl groups is 1. The maximum Gasteiger partial charge on any atom is 0.408 e. The summed E-state index contributed by atoms with van der Waals surface area (Å²) in [6.07, 6.45) is 3.74. The molecule has 2 aliphatic rings. The Morgan fingerprint density at radius 3 is 2.11 bits per heavy atom. The third kappa shape index (κ3) is 9.13. The van der Waals surface area contributed by atoms with Crippen LogP contribution in [0.15, 0.2) is 24.3 Å². The van der Waals surface area contributed by atoms with E-state index in [0.717, 1.165) is 50.0 Å². The van der Waals surface area contributed by atoms with Gasteiger partial charge in [0.05, 0.1) is 6.10 Å². The zero-order valence-corrected chi connectivity index (χ0v) is 24.2. The van der Waals surface area contributed by atoms with Crippen LogP contribution in [0, 0.1) is 0 Å². The van der Waals surface area contributed by atoms with Crippen molar-refractivity contribution in [3.63, 3.8) is 0 Å². The van der Waals surface area contributed by atoms with Gasteiger partial charge in [0.25, 0.3) is 0 Å². The van der Waals surface area contributed by atoms with E-state index in [9.17, 15) is 14.7 Å². The zero-order valence-electron chi connectivity index (χ0n) is 24.2. The van der Waals surface area contributed by atoms with Crippen LogP contribution in [0.2, 0.25) is 0 Å². The van der Waals surface area contributed by atoms with Crippen LogP contribution in [0.5, 0.6) is 0 Å². The summed E-state index contributed by atoms with van der Waals surface area (Å²) in [5.41, 5.74) is 0.427. The molecule has 38 heavy (non-hydrogen) atoms. The van der Waals surface area contributed by atoms with Crippen LogP contribution in [0.25, 0.3) is 0 Å². The van der Waals surface area contributed by atoms with Crippen molar-refractivity contribution in [3.8, 4) is 0 Å². The molecule has 3 rings (SSSR count). The second-order valence-electron chi connectivity index (χ2n) is 12.4. The van der Waals surface area contributed by atoms with Crippen LogP contribution in [0.1, 0.15) is 72.8 Å². The number of carbonyl (C=O) groups is 2. The summed E-state index contributed by atoms with van der Waals surface area (Å²) in [5.74, 6) is -0.515. The number of amides is 1. The number of rotatable bonds is 7. The van der Waals surface area contributed by atoms with Crippen LogP contribution in [0.4, 0.5) is 10.5 Å². The molecule has 2 N–H and O–H groups in total. The van der Waals surface area contributed by atoms with E-state index in [1.54, 1.807) is 48.7 Å². The fourth-order valence-corrected chi connectivity index (χ4v) is 5.14. The minimum absolute atomic E-state index is 0.259.